The summed E-state index contributed by atoms with van der Waals surface area (Å²) < 4.78 is 6.25. The number of nitro groups is 1. The van der Waals surface area contributed by atoms with E-state index in [1.165, 1.54) is 6.07 Å². The number of hydrogen-bond donors (Lipinski definition) is 1. The van der Waals surface area contributed by atoms with E-state index in [0.29, 0.717) is 29.3 Å². The topological polar surface area (TPSA) is 92.9 Å². The van der Waals surface area contributed by atoms with Crippen molar-refractivity contribution in [1.82, 2.24) is 0 Å². The normalized spacial score (nSPS) is 12.8. The number of carboxylic acids is 1. The van der Waals surface area contributed by atoms with Crippen molar-refractivity contribution < 1.29 is 19.3 Å². The van der Waals surface area contributed by atoms with E-state index < -0.39 is 14.3 Å². The van der Waals surface area contributed by atoms with Crippen molar-refractivity contribution in [3.8, 4) is 0 Å². The summed E-state index contributed by atoms with van der Waals surface area (Å²) in [5.41, 5.74) is 1.61. The van der Waals surface area contributed by atoms with Crippen LogP contribution in [0.4, 0.5) is 11.4 Å². The van der Waals surface area contributed by atoms with E-state index in [0.717, 1.165) is 38.5 Å². The molecule has 8 heteroatoms. The molecule has 0 aromatic heterocycles. The largest absolute Gasteiger partial charge is 0.478 e. The third kappa shape index (κ3) is 9.29. The number of unbranched alkanes of at least 4 members (excludes halogenated alkanes) is 2. The molecule has 0 unspecified atom stereocenters. The number of allylic oxidation sites excluding steroid dienone is 1. The van der Waals surface area contributed by atoms with Crippen molar-refractivity contribution >= 4 is 31.2 Å². The fraction of sp³-hybridized carbons (Fsp3) is 0.640. The van der Waals surface area contributed by atoms with Gasteiger partial charge in [0.2, 0.25) is 0 Å². The molecule has 0 spiro atoms. The van der Waals surface area contributed by atoms with Gasteiger partial charge in [0, 0.05) is 31.8 Å². The van der Waals surface area contributed by atoms with Crippen molar-refractivity contribution in [2.45, 2.75) is 78.9 Å². The molecule has 0 aliphatic carbocycles. The molecular formula is C25H42N2O5Si. The van der Waals surface area contributed by atoms with E-state index in [-0.39, 0.29) is 15.6 Å². The van der Waals surface area contributed by atoms with Crippen LogP contribution in [0.2, 0.25) is 18.1 Å². The first-order chi connectivity index (χ1) is 15.2. The molecule has 0 fully saturated rings. The van der Waals surface area contributed by atoms with Crippen molar-refractivity contribution in [2.24, 2.45) is 5.92 Å². The zero-order valence-electron chi connectivity index (χ0n) is 21.6. The first-order valence-corrected chi connectivity index (χ1v) is 14.7. The second-order valence-corrected chi connectivity index (χ2v) is 15.4. The van der Waals surface area contributed by atoms with E-state index >= 15 is 0 Å². The summed E-state index contributed by atoms with van der Waals surface area (Å²) in [7, 11) is -1.73. The lowest BCUT2D eigenvalue weighted by atomic mass is 10.0. The van der Waals surface area contributed by atoms with Gasteiger partial charge in [0.1, 0.15) is 5.69 Å². The lowest BCUT2D eigenvalue weighted by molar-refractivity contribution is -0.384. The standard InChI is InChI=1S/C25H42N2O5Si/c1-19(2)18-26(14-10-9-11-15-32-33(7,8)25(4,5)6)22-13-12-21(17-23(22)27(30)31)20(3)16-24(28)29/h12-13,16-17,19H,9-11,14-15,18H2,1-8H3,(H,28,29)/b20-16+. The number of carbonyl (C=O) groups is 1. The molecule has 33 heavy (non-hydrogen) atoms. The smallest absolute Gasteiger partial charge is 0.328 e. The van der Waals surface area contributed by atoms with Gasteiger partial charge < -0.3 is 14.4 Å². The van der Waals surface area contributed by atoms with Gasteiger partial charge in [-0.05, 0) is 67.4 Å². The van der Waals surface area contributed by atoms with E-state index in [1.807, 2.05) is 0 Å². The average Bonchev–Trinajstić information content (AvgIpc) is 2.67. The molecule has 0 heterocycles. The third-order valence-electron chi connectivity index (χ3n) is 6.24. The number of anilines is 1. The minimum absolute atomic E-state index is 0.00699. The van der Waals surface area contributed by atoms with Crippen molar-refractivity contribution in [3.63, 3.8) is 0 Å². The van der Waals surface area contributed by atoms with Crippen molar-refractivity contribution in [2.75, 3.05) is 24.6 Å². The van der Waals surface area contributed by atoms with Crippen LogP contribution in [-0.2, 0) is 9.22 Å². The number of benzene rings is 1. The number of carboxylic acid groups (broad SMARTS) is 1. The maximum absolute atomic E-state index is 11.8. The van der Waals surface area contributed by atoms with Gasteiger partial charge in [-0.25, -0.2) is 4.79 Å². The highest BCUT2D eigenvalue weighted by molar-refractivity contribution is 6.74. The Labute approximate surface area is 200 Å². The Bertz CT molecular complexity index is 844. The van der Waals surface area contributed by atoms with Crippen LogP contribution in [0.25, 0.3) is 5.57 Å². The molecule has 1 N–H and O–H groups in total. The zero-order valence-corrected chi connectivity index (χ0v) is 22.6. The van der Waals surface area contributed by atoms with E-state index in [1.54, 1.807) is 19.1 Å². The molecule has 0 aliphatic rings. The molecule has 0 saturated heterocycles. The van der Waals surface area contributed by atoms with Crippen LogP contribution >= 0.6 is 0 Å². The van der Waals surface area contributed by atoms with Gasteiger partial charge in [-0.2, -0.15) is 0 Å². The van der Waals surface area contributed by atoms with Crippen LogP contribution in [0.15, 0.2) is 24.3 Å². The molecular weight excluding hydrogens is 436 g/mol. The zero-order chi connectivity index (χ0) is 25.4. The Morgan fingerprint density at radius 3 is 2.39 bits per heavy atom. The van der Waals surface area contributed by atoms with Crippen LogP contribution in [-0.4, -0.2) is 44.0 Å². The molecule has 1 rings (SSSR count). The van der Waals surface area contributed by atoms with E-state index in [2.05, 4.69) is 52.6 Å². The van der Waals surface area contributed by atoms with Gasteiger partial charge in [-0.3, -0.25) is 10.1 Å². The van der Waals surface area contributed by atoms with Crippen LogP contribution in [0.3, 0.4) is 0 Å². The minimum Gasteiger partial charge on any atom is -0.478 e. The first kappa shape index (κ1) is 28.8. The molecule has 0 atom stereocenters. The Morgan fingerprint density at radius 2 is 1.88 bits per heavy atom. The molecule has 7 nitrogen and oxygen atoms in total. The molecule has 0 aliphatic heterocycles. The van der Waals surface area contributed by atoms with Gasteiger partial charge in [-0.1, -0.05) is 40.7 Å². The molecule has 186 valence electrons. The second-order valence-electron chi connectivity index (χ2n) is 10.6. The summed E-state index contributed by atoms with van der Waals surface area (Å²) in [6.07, 6.45) is 3.96. The minimum atomic E-state index is -1.73. The second kappa shape index (κ2) is 12.3. The summed E-state index contributed by atoms with van der Waals surface area (Å²) in [4.78, 5) is 24.5. The van der Waals surface area contributed by atoms with Crippen LogP contribution in [0.1, 0.15) is 66.4 Å². The van der Waals surface area contributed by atoms with Crippen LogP contribution < -0.4 is 4.90 Å². The molecule has 1 aromatic carbocycles. The number of nitro benzene ring substituents is 1. The summed E-state index contributed by atoms with van der Waals surface area (Å²) >= 11 is 0. The van der Waals surface area contributed by atoms with E-state index in [4.69, 9.17) is 9.53 Å². The summed E-state index contributed by atoms with van der Waals surface area (Å²) in [5, 5.41) is 21.0. The summed E-state index contributed by atoms with van der Waals surface area (Å²) in [6, 6.07) is 4.98. The number of hydrogen-bond acceptors (Lipinski definition) is 5. The third-order valence-corrected chi connectivity index (χ3v) is 10.8. The fourth-order valence-electron chi connectivity index (χ4n) is 3.33. The highest BCUT2D eigenvalue weighted by Crippen LogP contribution is 2.36. The maximum atomic E-state index is 11.8. The average molecular weight is 479 g/mol. The van der Waals surface area contributed by atoms with Gasteiger partial charge >= 0.3 is 5.97 Å². The number of rotatable bonds is 13. The molecule has 0 saturated carbocycles. The lowest BCUT2D eigenvalue weighted by Crippen LogP contribution is -2.40. The van der Waals surface area contributed by atoms with Crippen LogP contribution in [0.5, 0.6) is 0 Å². The van der Waals surface area contributed by atoms with Gasteiger partial charge in [-0.15, -0.1) is 0 Å². The first-order valence-electron chi connectivity index (χ1n) is 11.7. The van der Waals surface area contributed by atoms with Crippen molar-refractivity contribution in [1.29, 1.82) is 0 Å². The molecule has 1 aromatic rings. The Morgan fingerprint density at radius 1 is 1.24 bits per heavy atom. The van der Waals surface area contributed by atoms with Gasteiger partial charge in [0.15, 0.2) is 8.32 Å². The Kier molecular flexibility index (Phi) is 10.8. The summed E-state index contributed by atoms with van der Waals surface area (Å²) in [5.74, 6) is -0.724. The SMILES string of the molecule is C/C(=C\C(=O)O)c1ccc(N(CCCCCO[Si](C)(C)C(C)(C)C)CC(C)C)c([N+](=O)[O-])c1. The maximum Gasteiger partial charge on any atom is 0.328 e. The quantitative estimate of drug-likeness (QED) is 0.111. The Hall–Kier alpha value is -2.19. The van der Waals surface area contributed by atoms with E-state index in [9.17, 15) is 14.9 Å². The summed E-state index contributed by atoms with van der Waals surface area (Å²) in [6.45, 7) is 19.3. The monoisotopic (exact) mass is 478 g/mol. The van der Waals surface area contributed by atoms with Gasteiger partial charge in [0.25, 0.3) is 5.69 Å². The van der Waals surface area contributed by atoms with Crippen LogP contribution in [0, 0.1) is 16.0 Å². The fourth-order valence-corrected chi connectivity index (χ4v) is 4.41. The molecule has 0 radical (unpaired) electrons. The molecule has 0 bridgehead atoms. The predicted octanol–water partition coefficient (Wildman–Crippen LogP) is 6.74. The highest BCUT2D eigenvalue weighted by Gasteiger charge is 2.36. The highest BCUT2D eigenvalue weighted by atomic mass is 28.4. The predicted molar refractivity (Wildman–Crippen MR) is 138 cm³/mol. The number of nitrogens with zero attached hydrogens (tertiary/aromatic N) is 2. The lowest BCUT2D eigenvalue weighted by Gasteiger charge is -2.36. The molecule has 0 amide bonds. The Balaban J connectivity index is 2.90. The van der Waals surface area contributed by atoms with Crippen molar-refractivity contribution in [3.05, 3.63) is 40.0 Å². The van der Waals surface area contributed by atoms with Gasteiger partial charge in [0.05, 0.1) is 4.92 Å². The number of aliphatic carboxylic acids is 1.